The Labute approximate surface area is 93.0 Å². The average molecular weight is 254 g/mol. The van der Waals surface area contributed by atoms with Crippen molar-refractivity contribution in [2.24, 2.45) is 10.9 Å². The van der Waals surface area contributed by atoms with Crippen LogP contribution < -0.4 is 10.5 Å². The van der Waals surface area contributed by atoms with Crippen molar-refractivity contribution in [3.05, 3.63) is 0 Å². The molecule has 0 saturated heterocycles. The Bertz CT molecular complexity index is 378. The van der Waals surface area contributed by atoms with Crippen molar-refractivity contribution >= 4 is 22.1 Å². The highest BCUT2D eigenvalue weighted by molar-refractivity contribution is 7.87. The predicted octanol–water partition coefficient (Wildman–Crippen LogP) is -1.35. The number of nitrogens with zero attached hydrogens (tertiary/aromatic N) is 2. The molecule has 10 heteroatoms. The van der Waals surface area contributed by atoms with E-state index in [-0.39, 0.29) is 5.84 Å². The number of oxime groups is 1. The van der Waals surface area contributed by atoms with Gasteiger partial charge in [0, 0.05) is 7.05 Å². The Morgan fingerprint density at radius 3 is 2.50 bits per heavy atom. The normalized spacial score (nSPS) is 14.6. The van der Waals surface area contributed by atoms with Crippen molar-refractivity contribution in [1.29, 1.82) is 0 Å². The summed E-state index contributed by atoms with van der Waals surface area (Å²) < 4.78 is 29.4. The lowest BCUT2D eigenvalue weighted by molar-refractivity contribution is 0.177. The van der Waals surface area contributed by atoms with Crippen molar-refractivity contribution < 1.29 is 23.2 Å². The van der Waals surface area contributed by atoms with Gasteiger partial charge in [-0.2, -0.15) is 12.7 Å². The second-order valence-corrected chi connectivity index (χ2v) is 4.55. The molecule has 94 valence electrons. The van der Waals surface area contributed by atoms with E-state index in [4.69, 9.17) is 10.9 Å². The number of nitrogens with one attached hydrogen (secondary N) is 1. The van der Waals surface area contributed by atoms with E-state index in [9.17, 15) is 13.2 Å². The lowest BCUT2D eigenvalue weighted by Crippen LogP contribution is -2.49. The van der Waals surface area contributed by atoms with Crippen LogP contribution in [-0.4, -0.2) is 50.1 Å². The first-order valence-electron chi connectivity index (χ1n) is 4.07. The van der Waals surface area contributed by atoms with Crippen LogP contribution in [0.15, 0.2) is 5.16 Å². The van der Waals surface area contributed by atoms with E-state index in [2.05, 4.69) is 9.89 Å². The zero-order chi connectivity index (χ0) is 12.9. The van der Waals surface area contributed by atoms with E-state index in [1.165, 1.54) is 6.92 Å². The standard InChI is InChI=1S/C6H14N4O5S/c1-4(5(7)8-12)10(2)16(13,14)9-6(11)15-3/h4,12H,1-3H3,(H2,7,8)(H,9,11). The molecule has 16 heavy (non-hydrogen) atoms. The van der Waals surface area contributed by atoms with Gasteiger partial charge >= 0.3 is 16.3 Å². The smallest absolute Gasteiger partial charge is 0.421 e. The molecule has 0 aliphatic rings. The number of amidine groups is 1. The summed E-state index contributed by atoms with van der Waals surface area (Å²) in [4.78, 5) is 10.7. The molecular formula is C6H14N4O5S. The molecule has 1 atom stereocenters. The minimum Gasteiger partial charge on any atom is -0.452 e. The minimum atomic E-state index is -4.09. The number of carbonyl (C=O) groups excluding carboxylic acids is 1. The summed E-state index contributed by atoms with van der Waals surface area (Å²) in [6.45, 7) is 1.38. The van der Waals surface area contributed by atoms with E-state index < -0.39 is 22.3 Å². The third-order valence-corrected chi connectivity index (χ3v) is 3.36. The summed E-state index contributed by atoms with van der Waals surface area (Å²) in [6, 6.07) is -0.910. The zero-order valence-corrected chi connectivity index (χ0v) is 9.85. The van der Waals surface area contributed by atoms with E-state index in [0.717, 1.165) is 18.5 Å². The molecular weight excluding hydrogens is 240 g/mol. The lowest BCUT2D eigenvalue weighted by atomic mass is 10.3. The zero-order valence-electron chi connectivity index (χ0n) is 9.04. The van der Waals surface area contributed by atoms with E-state index in [1.54, 1.807) is 4.72 Å². The average Bonchev–Trinajstić information content (AvgIpc) is 2.24. The molecule has 1 unspecified atom stereocenters. The van der Waals surface area contributed by atoms with Gasteiger partial charge in [0.05, 0.1) is 13.2 Å². The topological polar surface area (TPSA) is 134 Å². The first-order chi connectivity index (χ1) is 7.26. The van der Waals surface area contributed by atoms with Crippen LogP contribution in [0.3, 0.4) is 0 Å². The lowest BCUT2D eigenvalue weighted by Gasteiger charge is -2.22. The Hall–Kier alpha value is -1.55. The maximum absolute atomic E-state index is 11.5. The summed E-state index contributed by atoms with van der Waals surface area (Å²) >= 11 is 0. The summed E-state index contributed by atoms with van der Waals surface area (Å²) in [5.74, 6) is -0.308. The van der Waals surface area contributed by atoms with Crippen LogP contribution >= 0.6 is 0 Å². The van der Waals surface area contributed by atoms with Crippen molar-refractivity contribution in [2.75, 3.05) is 14.2 Å². The van der Waals surface area contributed by atoms with E-state index in [1.807, 2.05) is 0 Å². The van der Waals surface area contributed by atoms with Crippen LogP contribution in [0.5, 0.6) is 0 Å². The second kappa shape index (κ2) is 5.51. The van der Waals surface area contributed by atoms with Crippen LogP contribution in [0.25, 0.3) is 0 Å². The van der Waals surface area contributed by atoms with Crippen LogP contribution in [0.2, 0.25) is 0 Å². The number of hydrogen-bond donors (Lipinski definition) is 3. The summed E-state index contributed by atoms with van der Waals surface area (Å²) in [5, 5.41) is 11.0. The van der Waals surface area contributed by atoms with Crippen molar-refractivity contribution in [2.45, 2.75) is 13.0 Å². The predicted molar refractivity (Wildman–Crippen MR) is 55.1 cm³/mol. The largest absolute Gasteiger partial charge is 0.452 e. The van der Waals surface area contributed by atoms with Gasteiger partial charge in [0.25, 0.3) is 0 Å². The molecule has 0 spiro atoms. The van der Waals surface area contributed by atoms with Gasteiger partial charge < -0.3 is 15.7 Å². The molecule has 9 nitrogen and oxygen atoms in total. The van der Waals surface area contributed by atoms with Crippen LogP contribution in [0.4, 0.5) is 4.79 Å². The molecule has 4 N–H and O–H groups in total. The van der Waals surface area contributed by atoms with Crippen molar-refractivity contribution in [3.63, 3.8) is 0 Å². The number of carbonyl (C=O) groups is 1. The van der Waals surface area contributed by atoms with Gasteiger partial charge in [-0.15, -0.1) is 0 Å². The Morgan fingerprint density at radius 2 is 2.12 bits per heavy atom. The van der Waals surface area contributed by atoms with Gasteiger partial charge in [0.1, 0.15) is 0 Å². The molecule has 0 aromatic heterocycles. The van der Waals surface area contributed by atoms with Gasteiger partial charge in [-0.3, -0.25) is 0 Å². The number of likely N-dealkylation sites (N-methyl/N-ethyl adjacent to an activating group) is 1. The Morgan fingerprint density at radius 1 is 1.62 bits per heavy atom. The maximum atomic E-state index is 11.5. The first kappa shape index (κ1) is 14.5. The molecule has 0 aliphatic carbocycles. The van der Waals surface area contributed by atoms with Crippen molar-refractivity contribution in [3.8, 4) is 0 Å². The second-order valence-electron chi connectivity index (χ2n) is 2.82. The Balaban J connectivity index is 4.84. The number of nitrogens with two attached hydrogens (primary N) is 1. The number of rotatable bonds is 4. The fraction of sp³-hybridized carbons (Fsp3) is 0.667. The van der Waals surface area contributed by atoms with E-state index >= 15 is 0 Å². The van der Waals surface area contributed by atoms with Crippen LogP contribution in [0.1, 0.15) is 6.92 Å². The fourth-order valence-corrected chi connectivity index (χ4v) is 1.66. The monoisotopic (exact) mass is 254 g/mol. The molecule has 1 amide bonds. The van der Waals surface area contributed by atoms with E-state index in [0.29, 0.717) is 0 Å². The number of hydrogen-bond acceptors (Lipinski definition) is 6. The molecule has 0 aromatic carbocycles. The fourth-order valence-electron chi connectivity index (χ4n) is 0.697. The van der Waals surface area contributed by atoms with Gasteiger partial charge in [-0.1, -0.05) is 5.16 Å². The number of amides is 1. The van der Waals surface area contributed by atoms with Gasteiger partial charge in [0.2, 0.25) is 0 Å². The third kappa shape index (κ3) is 3.55. The Kier molecular flexibility index (Phi) is 4.98. The highest BCUT2D eigenvalue weighted by atomic mass is 32.2. The summed E-state index contributed by atoms with van der Waals surface area (Å²) in [5.41, 5.74) is 5.23. The van der Waals surface area contributed by atoms with Crippen molar-refractivity contribution in [1.82, 2.24) is 9.03 Å². The van der Waals surface area contributed by atoms with Gasteiger partial charge in [0.15, 0.2) is 5.84 Å². The molecule has 0 radical (unpaired) electrons. The molecule has 0 aliphatic heterocycles. The van der Waals surface area contributed by atoms with Crippen LogP contribution in [0, 0.1) is 0 Å². The van der Waals surface area contributed by atoms with Gasteiger partial charge in [-0.25, -0.2) is 9.52 Å². The molecule has 0 aromatic rings. The first-order valence-corrected chi connectivity index (χ1v) is 5.51. The quantitative estimate of drug-likeness (QED) is 0.246. The molecule has 0 rings (SSSR count). The maximum Gasteiger partial charge on any atom is 0.421 e. The number of methoxy groups -OCH3 is 1. The molecule has 0 fully saturated rings. The van der Waals surface area contributed by atoms with Crippen LogP contribution in [-0.2, 0) is 14.9 Å². The minimum absolute atomic E-state index is 0.308. The summed E-state index contributed by atoms with van der Waals surface area (Å²) in [7, 11) is -1.90. The number of ether oxygens (including phenoxy) is 1. The molecule has 0 bridgehead atoms. The highest BCUT2D eigenvalue weighted by Gasteiger charge is 2.27. The third-order valence-electron chi connectivity index (χ3n) is 1.87. The van der Waals surface area contributed by atoms with Gasteiger partial charge in [-0.05, 0) is 6.92 Å². The molecule has 0 heterocycles. The SMILES string of the molecule is COC(=O)NS(=O)(=O)N(C)C(C)C(N)=NO. The molecule has 0 saturated carbocycles. The highest BCUT2D eigenvalue weighted by Crippen LogP contribution is 2.02. The summed E-state index contributed by atoms with van der Waals surface area (Å²) in [6.07, 6.45) is -1.13.